The molecule has 0 aliphatic rings. The third-order valence-electron chi connectivity index (χ3n) is 6.16. The van der Waals surface area contributed by atoms with Crippen LogP contribution >= 0.6 is 7.82 Å². The summed E-state index contributed by atoms with van der Waals surface area (Å²) >= 11 is 0. The van der Waals surface area contributed by atoms with Crippen LogP contribution in [0.2, 0.25) is 0 Å². The first-order valence-electron chi connectivity index (χ1n) is 15.9. The van der Waals surface area contributed by atoms with Gasteiger partial charge in [-0.2, -0.15) is 0 Å². The minimum atomic E-state index is -4.28. The van der Waals surface area contributed by atoms with Gasteiger partial charge in [0.25, 0.3) is 0 Å². The van der Waals surface area contributed by atoms with Crippen molar-refractivity contribution < 1.29 is 37.6 Å². The van der Waals surface area contributed by atoms with Crippen molar-refractivity contribution in [2.45, 2.75) is 130 Å². The van der Waals surface area contributed by atoms with Crippen molar-refractivity contribution in [1.29, 1.82) is 0 Å². The summed E-state index contributed by atoms with van der Waals surface area (Å²) < 4.78 is 32.2. The predicted octanol–water partition coefficient (Wildman–Crippen LogP) is 9.10. The number of unbranched alkanes of at least 4 members (excludes halogenated alkanes) is 8. The molecule has 2 atom stereocenters. The molecular weight excluding hydrogens is 555 g/mol. The van der Waals surface area contributed by atoms with Gasteiger partial charge in [-0.05, 0) is 45.4 Å². The van der Waals surface area contributed by atoms with Gasteiger partial charge in [0.15, 0.2) is 6.10 Å². The van der Waals surface area contributed by atoms with Crippen LogP contribution in [0.15, 0.2) is 48.6 Å². The van der Waals surface area contributed by atoms with Gasteiger partial charge in [-0.25, -0.2) is 4.57 Å². The van der Waals surface area contributed by atoms with Crippen LogP contribution in [0.5, 0.6) is 0 Å². The lowest BCUT2D eigenvalue weighted by molar-refractivity contribution is -0.161. The van der Waals surface area contributed by atoms with Crippen molar-refractivity contribution in [3.63, 3.8) is 0 Å². The molecule has 2 unspecified atom stereocenters. The van der Waals surface area contributed by atoms with Crippen molar-refractivity contribution in [3.05, 3.63) is 48.6 Å². The lowest BCUT2D eigenvalue weighted by Crippen LogP contribution is -2.29. The molecule has 0 rings (SSSR count). The van der Waals surface area contributed by atoms with Crippen LogP contribution < -0.4 is 0 Å². The Kier molecular flexibility index (Phi) is 27.7. The fourth-order valence-electron chi connectivity index (χ4n) is 3.88. The molecule has 9 heteroatoms. The molecular formula is C33H57O8P. The van der Waals surface area contributed by atoms with Gasteiger partial charge in [0, 0.05) is 12.8 Å². The Morgan fingerprint density at radius 1 is 0.667 bits per heavy atom. The van der Waals surface area contributed by atoms with Crippen LogP contribution in [-0.2, 0) is 32.7 Å². The molecule has 1 N–H and O–H groups in total. The van der Waals surface area contributed by atoms with Gasteiger partial charge >= 0.3 is 19.8 Å². The van der Waals surface area contributed by atoms with Crippen LogP contribution in [0.25, 0.3) is 0 Å². The quantitative estimate of drug-likeness (QED) is 0.0403. The number of ether oxygens (including phenoxy) is 2. The summed E-state index contributed by atoms with van der Waals surface area (Å²) in [6.45, 7) is 5.20. The highest BCUT2D eigenvalue weighted by molar-refractivity contribution is 7.47. The maximum absolute atomic E-state index is 12.4. The first-order valence-corrected chi connectivity index (χ1v) is 17.4. The molecule has 0 spiro atoms. The maximum Gasteiger partial charge on any atom is 0.472 e. The summed E-state index contributed by atoms with van der Waals surface area (Å²) in [6.07, 6.45) is 30.5. The second-order valence-corrected chi connectivity index (χ2v) is 11.5. The van der Waals surface area contributed by atoms with Gasteiger partial charge in [0.1, 0.15) is 6.61 Å². The van der Waals surface area contributed by atoms with Gasteiger partial charge in [0.05, 0.1) is 13.2 Å². The van der Waals surface area contributed by atoms with Crippen LogP contribution in [-0.4, -0.2) is 42.8 Å². The summed E-state index contributed by atoms with van der Waals surface area (Å²) in [5.74, 6) is -0.902. The number of hydrogen-bond donors (Lipinski definition) is 1. The Morgan fingerprint density at radius 3 is 1.79 bits per heavy atom. The first kappa shape index (κ1) is 40.0. The SMILES string of the molecule is CC/C=C\C/C=C\C/C=C\C/C=C\CCC(=O)OC(COC(=O)CCCCCCCCCCC)COP(=O)(O)OCC. The van der Waals surface area contributed by atoms with E-state index in [1.807, 2.05) is 12.2 Å². The Labute approximate surface area is 255 Å². The normalized spacial score (nSPS) is 14.3. The van der Waals surface area contributed by atoms with Crippen molar-refractivity contribution in [2.75, 3.05) is 19.8 Å². The molecule has 0 aliphatic carbocycles. The van der Waals surface area contributed by atoms with E-state index in [2.05, 4.69) is 50.3 Å². The van der Waals surface area contributed by atoms with E-state index in [0.29, 0.717) is 6.42 Å². The Hall–Kier alpha value is -1.99. The van der Waals surface area contributed by atoms with E-state index in [1.54, 1.807) is 6.92 Å². The second-order valence-electron chi connectivity index (χ2n) is 10.1. The van der Waals surface area contributed by atoms with E-state index >= 15 is 0 Å². The van der Waals surface area contributed by atoms with Crippen molar-refractivity contribution in [3.8, 4) is 0 Å². The molecule has 242 valence electrons. The van der Waals surface area contributed by atoms with Crippen molar-refractivity contribution in [2.24, 2.45) is 0 Å². The Bertz CT molecular complexity index is 834. The number of allylic oxidation sites excluding steroid dienone is 8. The van der Waals surface area contributed by atoms with Crippen LogP contribution in [0.4, 0.5) is 0 Å². The zero-order chi connectivity index (χ0) is 31.2. The average molecular weight is 613 g/mol. The fraction of sp³-hybridized carbons (Fsp3) is 0.697. The highest BCUT2D eigenvalue weighted by Crippen LogP contribution is 2.43. The van der Waals surface area contributed by atoms with Gasteiger partial charge in [0.2, 0.25) is 0 Å². The summed E-state index contributed by atoms with van der Waals surface area (Å²) in [4.78, 5) is 34.3. The van der Waals surface area contributed by atoms with Gasteiger partial charge in [-0.3, -0.25) is 18.6 Å². The standard InChI is InChI=1S/C33H57O8P/c1-4-7-9-11-13-15-16-17-18-20-22-24-26-28-33(35)41-31(30-40-42(36,37)39-6-3)29-38-32(34)27-25-23-21-19-14-12-10-8-5-2/h7,9,13,15,17-18,22,24,31H,4-6,8,10-12,14,16,19-21,23,25-30H2,1-3H3,(H,36,37)/b9-7-,15-13-,18-17-,24-22-. The minimum absolute atomic E-state index is 0.0131. The summed E-state index contributed by atoms with van der Waals surface area (Å²) in [5.41, 5.74) is 0. The number of rotatable bonds is 28. The monoisotopic (exact) mass is 612 g/mol. The van der Waals surface area contributed by atoms with Gasteiger partial charge < -0.3 is 14.4 Å². The molecule has 0 aromatic rings. The minimum Gasteiger partial charge on any atom is -0.462 e. The Morgan fingerprint density at radius 2 is 1.21 bits per heavy atom. The smallest absolute Gasteiger partial charge is 0.462 e. The molecule has 0 aromatic heterocycles. The highest BCUT2D eigenvalue weighted by Gasteiger charge is 2.25. The molecule has 0 saturated carbocycles. The molecule has 0 saturated heterocycles. The largest absolute Gasteiger partial charge is 0.472 e. The Balaban J connectivity index is 4.39. The number of hydrogen-bond acceptors (Lipinski definition) is 7. The molecule has 0 aliphatic heterocycles. The zero-order valence-electron chi connectivity index (χ0n) is 26.4. The van der Waals surface area contributed by atoms with Crippen LogP contribution in [0.1, 0.15) is 124 Å². The van der Waals surface area contributed by atoms with Crippen LogP contribution in [0, 0.1) is 0 Å². The molecule has 0 radical (unpaired) electrons. The maximum atomic E-state index is 12.4. The molecule has 0 heterocycles. The summed E-state index contributed by atoms with van der Waals surface area (Å²) in [7, 11) is -4.28. The van der Waals surface area contributed by atoms with E-state index in [4.69, 9.17) is 18.5 Å². The topological polar surface area (TPSA) is 108 Å². The van der Waals surface area contributed by atoms with E-state index in [0.717, 1.165) is 44.9 Å². The molecule has 42 heavy (non-hydrogen) atoms. The van der Waals surface area contributed by atoms with Crippen molar-refractivity contribution >= 4 is 19.8 Å². The van der Waals surface area contributed by atoms with E-state index in [1.165, 1.54) is 38.5 Å². The number of carbonyl (C=O) groups excluding carboxylic acids is 2. The van der Waals surface area contributed by atoms with E-state index in [9.17, 15) is 19.0 Å². The molecule has 0 fully saturated rings. The number of esters is 2. The second kappa shape index (κ2) is 29.1. The third kappa shape index (κ3) is 28.1. The lowest BCUT2D eigenvalue weighted by Gasteiger charge is -2.19. The zero-order valence-corrected chi connectivity index (χ0v) is 27.3. The summed E-state index contributed by atoms with van der Waals surface area (Å²) in [6, 6.07) is 0. The number of carbonyl (C=O) groups is 2. The van der Waals surface area contributed by atoms with Crippen LogP contribution in [0.3, 0.4) is 0 Å². The first-order chi connectivity index (χ1) is 20.3. The molecule has 8 nitrogen and oxygen atoms in total. The number of phosphoric acid groups is 1. The molecule has 0 bridgehead atoms. The third-order valence-corrected chi connectivity index (χ3v) is 7.22. The van der Waals surface area contributed by atoms with Gasteiger partial charge in [-0.1, -0.05) is 114 Å². The summed E-state index contributed by atoms with van der Waals surface area (Å²) in [5, 5.41) is 0. The molecule has 0 amide bonds. The van der Waals surface area contributed by atoms with Crippen molar-refractivity contribution in [1.82, 2.24) is 0 Å². The fourth-order valence-corrected chi connectivity index (χ4v) is 4.63. The number of phosphoric ester groups is 1. The lowest BCUT2D eigenvalue weighted by atomic mass is 10.1. The van der Waals surface area contributed by atoms with E-state index in [-0.39, 0.29) is 26.1 Å². The average Bonchev–Trinajstić information content (AvgIpc) is 2.96. The highest BCUT2D eigenvalue weighted by atomic mass is 31.2. The molecule has 0 aromatic carbocycles. The predicted molar refractivity (Wildman–Crippen MR) is 170 cm³/mol. The van der Waals surface area contributed by atoms with E-state index < -0.39 is 32.5 Å². The van der Waals surface area contributed by atoms with Gasteiger partial charge in [-0.15, -0.1) is 0 Å².